The monoisotopic (exact) mass is 391 g/mol. The van der Waals surface area contributed by atoms with Crippen LogP contribution in [0.25, 0.3) is 0 Å². The Balaban J connectivity index is 2.15. The number of nitrogens with two attached hydrogens (primary N) is 1. The van der Waals surface area contributed by atoms with Crippen LogP contribution in [0, 0.1) is 0 Å². The van der Waals surface area contributed by atoms with Crippen LogP contribution in [-0.2, 0) is 16.6 Å². The van der Waals surface area contributed by atoms with Crippen molar-refractivity contribution in [1.29, 1.82) is 0 Å². The Morgan fingerprint density at radius 1 is 1.11 bits per heavy atom. The van der Waals surface area contributed by atoms with Crippen LogP contribution < -0.4 is 15.2 Å². The minimum atomic E-state index is -3.94. The van der Waals surface area contributed by atoms with Gasteiger partial charge in [-0.05, 0) is 35.9 Å². The molecule has 0 unspecified atom stereocenters. The number of carbonyl (C=O) groups is 2. The van der Waals surface area contributed by atoms with E-state index in [2.05, 4.69) is 5.32 Å². The van der Waals surface area contributed by atoms with Crippen molar-refractivity contribution in [3.8, 4) is 5.75 Å². The summed E-state index contributed by atoms with van der Waals surface area (Å²) < 4.78 is 28.1. The molecule has 0 saturated carbocycles. The summed E-state index contributed by atoms with van der Waals surface area (Å²) in [6, 6.07) is 10.6. The van der Waals surface area contributed by atoms with E-state index >= 15 is 0 Å². The van der Waals surface area contributed by atoms with Gasteiger partial charge in [-0.25, -0.2) is 13.6 Å². The molecular formula is C18H21N3O5S. The zero-order chi connectivity index (χ0) is 20.2. The maximum absolute atomic E-state index is 12.5. The van der Waals surface area contributed by atoms with Crippen LogP contribution in [0.2, 0.25) is 0 Å². The molecule has 0 bridgehead atoms. The molecule has 0 aliphatic carbocycles. The minimum absolute atomic E-state index is 0.0587. The van der Waals surface area contributed by atoms with E-state index in [-0.39, 0.29) is 28.7 Å². The lowest BCUT2D eigenvalue weighted by Gasteiger charge is -2.12. The van der Waals surface area contributed by atoms with Crippen molar-refractivity contribution >= 4 is 21.8 Å². The molecule has 27 heavy (non-hydrogen) atoms. The van der Waals surface area contributed by atoms with Crippen molar-refractivity contribution in [3.05, 3.63) is 59.2 Å². The Morgan fingerprint density at radius 3 is 2.26 bits per heavy atom. The molecule has 0 saturated heterocycles. The van der Waals surface area contributed by atoms with Gasteiger partial charge < -0.3 is 15.0 Å². The third-order valence-electron chi connectivity index (χ3n) is 3.80. The molecule has 0 radical (unpaired) electrons. The molecule has 0 atom stereocenters. The summed E-state index contributed by atoms with van der Waals surface area (Å²) in [5, 5.41) is 7.80. The van der Waals surface area contributed by atoms with E-state index in [0.29, 0.717) is 5.56 Å². The van der Waals surface area contributed by atoms with Crippen molar-refractivity contribution in [2.75, 3.05) is 21.2 Å². The highest BCUT2D eigenvalue weighted by molar-refractivity contribution is 7.89. The van der Waals surface area contributed by atoms with Crippen molar-refractivity contribution < 1.29 is 22.7 Å². The predicted octanol–water partition coefficient (Wildman–Crippen LogP) is 0.974. The maximum Gasteiger partial charge on any atom is 0.255 e. The number of benzene rings is 2. The van der Waals surface area contributed by atoms with Crippen LogP contribution in [0.5, 0.6) is 5.75 Å². The molecule has 0 spiro atoms. The number of carbonyl (C=O) groups excluding carboxylic acids is 2. The fraction of sp³-hybridized carbons (Fsp3) is 0.222. The van der Waals surface area contributed by atoms with Crippen LogP contribution in [0.1, 0.15) is 26.3 Å². The fourth-order valence-corrected chi connectivity index (χ4v) is 2.88. The van der Waals surface area contributed by atoms with Gasteiger partial charge in [-0.2, -0.15) is 0 Å². The zero-order valence-corrected chi connectivity index (χ0v) is 16.0. The Morgan fingerprint density at radius 2 is 1.74 bits per heavy atom. The van der Waals surface area contributed by atoms with Gasteiger partial charge in [0.1, 0.15) is 5.75 Å². The minimum Gasteiger partial charge on any atom is -0.496 e. The van der Waals surface area contributed by atoms with Gasteiger partial charge in [0.2, 0.25) is 10.0 Å². The van der Waals surface area contributed by atoms with E-state index < -0.39 is 15.9 Å². The Kier molecular flexibility index (Phi) is 6.19. The van der Waals surface area contributed by atoms with E-state index in [0.717, 1.165) is 5.56 Å². The van der Waals surface area contributed by atoms with Gasteiger partial charge in [0.05, 0.1) is 17.6 Å². The van der Waals surface area contributed by atoms with E-state index in [4.69, 9.17) is 9.88 Å². The highest BCUT2D eigenvalue weighted by Crippen LogP contribution is 2.22. The summed E-state index contributed by atoms with van der Waals surface area (Å²) in [6.07, 6.45) is 0. The topological polar surface area (TPSA) is 119 Å². The fourth-order valence-electron chi connectivity index (χ4n) is 2.34. The SMILES string of the molecule is COc1ccc(S(N)(=O)=O)cc1C(=O)NCc1ccc(C(=O)N(C)C)cc1. The summed E-state index contributed by atoms with van der Waals surface area (Å²) in [5.41, 5.74) is 1.38. The number of rotatable bonds is 6. The summed E-state index contributed by atoms with van der Waals surface area (Å²) in [7, 11) is 0.768. The molecule has 0 aliphatic heterocycles. The average Bonchev–Trinajstić information content (AvgIpc) is 2.64. The van der Waals surface area contributed by atoms with Crippen molar-refractivity contribution in [1.82, 2.24) is 10.2 Å². The summed E-state index contributed by atoms with van der Waals surface area (Å²) in [5.74, 6) is -0.396. The van der Waals surface area contributed by atoms with Gasteiger partial charge in [0.25, 0.3) is 11.8 Å². The smallest absolute Gasteiger partial charge is 0.255 e. The Bertz CT molecular complexity index is 953. The quantitative estimate of drug-likeness (QED) is 0.761. The lowest BCUT2D eigenvalue weighted by molar-refractivity contribution is 0.0827. The second kappa shape index (κ2) is 8.19. The highest BCUT2D eigenvalue weighted by Gasteiger charge is 2.17. The highest BCUT2D eigenvalue weighted by atomic mass is 32.2. The maximum atomic E-state index is 12.5. The second-order valence-corrected chi connectivity index (χ2v) is 7.55. The van der Waals surface area contributed by atoms with Gasteiger partial charge in [-0.1, -0.05) is 12.1 Å². The molecule has 0 aliphatic rings. The van der Waals surface area contributed by atoms with E-state index in [1.165, 1.54) is 30.2 Å². The van der Waals surface area contributed by atoms with Crippen LogP contribution in [0.3, 0.4) is 0 Å². The van der Waals surface area contributed by atoms with Crippen LogP contribution >= 0.6 is 0 Å². The second-order valence-electron chi connectivity index (χ2n) is 5.99. The number of hydrogen-bond donors (Lipinski definition) is 2. The lowest BCUT2D eigenvalue weighted by Crippen LogP contribution is -2.24. The average molecular weight is 391 g/mol. The van der Waals surface area contributed by atoms with Gasteiger partial charge in [0, 0.05) is 26.2 Å². The predicted molar refractivity (Wildman–Crippen MR) is 100.0 cm³/mol. The van der Waals surface area contributed by atoms with Gasteiger partial charge >= 0.3 is 0 Å². The first-order valence-corrected chi connectivity index (χ1v) is 9.47. The standard InChI is InChI=1S/C18H21N3O5S/c1-21(2)18(23)13-6-4-12(5-7-13)11-20-17(22)15-10-14(27(19,24)25)8-9-16(15)26-3/h4-10H,11H2,1-3H3,(H,20,22)(H2,19,24,25). The van der Waals surface area contributed by atoms with Crippen LogP contribution in [0.15, 0.2) is 47.4 Å². The molecule has 0 heterocycles. The van der Waals surface area contributed by atoms with E-state index in [1.54, 1.807) is 38.4 Å². The molecule has 0 fully saturated rings. The Labute approximate surface area is 158 Å². The van der Waals surface area contributed by atoms with Crippen molar-refractivity contribution in [3.63, 3.8) is 0 Å². The van der Waals surface area contributed by atoms with Crippen LogP contribution in [0.4, 0.5) is 0 Å². The third-order valence-corrected chi connectivity index (χ3v) is 4.72. The molecular weight excluding hydrogens is 370 g/mol. The summed E-state index contributed by atoms with van der Waals surface area (Å²) in [6.45, 7) is 0.192. The molecule has 9 heteroatoms. The van der Waals surface area contributed by atoms with E-state index in [1.807, 2.05) is 0 Å². The number of sulfonamides is 1. The first-order valence-electron chi connectivity index (χ1n) is 7.93. The normalized spacial score (nSPS) is 11.0. The molecule has 2 aromatic rings. The van der Waals surface area contributed by atoms with Gasteiger partial charge in [-0.15, -0.1) is 0 Å². The Hall–Kier alpha value is -2.91. The number of ether oxygens (including phenoxy) is 1. The molecule has 0 aromatic heterocycles. The number of nitrogens with one attached hydrogen (secondary N) is 1. The first-order chi connectivity index (χ1) is 12.6. The van der Waals surface area contributed by atoms with Crippen molar-refractivity contribution in [2.45, 2.75) is 11.4 Å². The van der Waals surface area contributed by atoms with Crippen LogP contribution in [-0.4, -0.2) is 46.3 Å². The molecule has 144 valence electrons. The number of primary sulfonamides is 1. The van der Waals surface area contributed by atoms with Gasteiger partial charge in [0.15, 0.2) is 0 Å². The number of nitrogens with zero attached hydrogens (tertiary/aromatic N) is 1. The number of hydrogen-bond acceptors (Lipinski definition) is 5. The number of amides is 2. The summed E-state index contributed by atoms with van der Waals surface area (Å²) in [4.78, 5) is 25.6. The first kappa shape index (κ1) is 20.4. The number of methoxy groups -OCH3 is 1. The van der Waals surface area contributed by atoms with E-state index in [9.17, 15) is 18.0 Å². The third kappa shape index (κ3) is 5.05. The molecule has 2 aromatic carbocycles. The summed E-state index contributed by atoms with van der Waals surface area (Å²) >= 11 is 0. The molecule has 2 amide bonds. The zero-order valence-electron chi connectivity index (χ0n) is 15.2. The molecule has 3 N–H and O–H groups in total. The molecule has 8 nitrogen and oxygen atoms in total. The van der Waals surface area contributed by atoms with Crippen molar-refractivity contribution in [2.24, 2.45) is 5.14 Å². The molecule has 2 rings (SSSR count). The lowest BCUT2D eigenvalue weighted by atomic mass is 10.1. The van der Waals surface area contributed by atoms with Gasteiger partial charge in [-0.3, -0.25) is 9.59 Å². The largest absolute Gasteiger partial charge is 0.496 e.